The van der Waals surface area contributed by atoms with Gasteiger partial charge in [0.15, 0.2) is 6.10 Å². The van der Waals surface area contributed by atoms with Crippen molar-refractivity contribution in [1.82, 2.24) is 4.98 Å². The van der Waals surface area contributed by atoms with Crippen LogP contribution in [0.15, 0.2) is 30.8 Å². The van der Waals surface area contributed by atoms with Gasteiger partial charge in [-0.15, -0.1) is 0 Å². The third kappa shape index (κ3) is 3.29. The van der Waals surface area contributed by atoms with E-state index >= 15 is 0 Å². The molecule has 0 saturated heterocycles. The molecule has 2 N–H and O–H groups in total. The van der Waals surface area contributed by atoms with Gasteiger partial charge < -0.3 is 9.84 Å². The predicted molar refractivity (Wildman–Crippen MR) is 126 cm³/mol. The molecule has 1 fully saturated rings. The first kappa shape index (κ1) is 20.9. The minimum atomic E-state index is -0.242. The highest BCUT2D eigenvalue weighted by Crippen LogP contribution is 2.59. The Morgan fingerprint density at radius 3 is 2.42 bits per heavy atom. The van der Waals surface area contributed by atoms with Crippen LogP contribution in [0.4, 0.5) is 0 Å². The highest BCUT2D eigenvalue weighted by atomic mass is 16.5. The summed E-state index contributed by atoms with van der Waals surface area (Å²) in [5.41, 5.74) is 8.37. The lowest BCUT2D eigenvalue weighted by Gasteiger charge is -2.36. The highest BCUT2D eigenvalue weighted by Gasteiger charge is 2.53. The molecule has 3 aliphatic rings. The molecule has 2 atom stereocenters. The standard InChI is InChI=1S/C28H35NO2/c1-6-18-9-11-19(12-10-18)26-23-24(28(31-26)13-7-8-14-28)22-20(29-25(23)17(2)3)15-27(4,5)16-21(22)30/h6,9-12,17,21,26,30H,1,7-8,13-16H2,2-5H3/p+1. The van der Waals surface area contributed by atoms with Crippen LogP contribution in [0, 0.1) is 5.41 Å². The Bertz CT molecular complexity index is 1010. The fourth-order valence-corrected chi connectivity index (χ4v) is 6.27. The zero-order valence-corrected chi connectivity index (χ0v) is 19.4. The Hall–Kier alpha value is -1.97. The summed E-state index contributed by atoms with van der Waals surface area (Å²) in [6.07, 6.45) is 7.94. The number of rotatable bonds is 3. The van der Waals surface area contributed by atoms with Gasteiger partial charge in [-0.05, 0) is 41.7 Å². The topological polar surface area (TPSA) is 45.0 Å². The summed E-state index contributed by atoms with van der Waals surface area (Å²) >= 11 is 0. The monoisotopic (exact) mass is 418 g/mol. The molecular weight excluding hydrogens is 382 g/mol. The van der Waals surface area contributed by atoms with Crippen molar-refractivity contribution in [2.45, 2.75) is 89.9 Å². The molecule has 3 nitrogen and oxygen atoms in total. The van der Waals surface area contributed by atoms with Crippen LogP contribution in [0.3, 0.4) is 0 Å². The molecule has 1 spiro atoms. The molecule has 1 aliphatic heterocycles. The molecule has 1 aromatic heterocycles. The average Bonchev–Trinajstić information content (AvgIpc) is 3.32. The average molecular weight is 419 g/mol. The fourth-order valence-electron chi connectivity index (χ4n) is 6.27. The van der Waals surface area contributed by atoms with E-state index < -0.39 is 0 Å². The van der Waals surface area contributed by atoms with Crippen LogP contribution in [0.2, 0.25) is 0 Å². The lowest BCUT2D eigenvalue weighted by molar-refractivity contribution is -0.0580. The van der Waals surface area contributed by atoms with Crippen LogP contribution in [-0.4, -0.2) is 10.1 Å². The van der Waals surface area contributed by atoms with E-state index in [2.05, 4.69) is 58.5 Å². The van der Waals surface area contributed by atoms with E-state index in [-0.39, 0.29) is 23.2 Å². The Labute approximate surface area is 186 Å². The van der Waals surface area contributed by atoms with Crippen LogP contribution in [0.5, 0.6) is 0 Å². The van der Waals surface area contributed by atoms with E-state index in [4.69, 9.17) is 14.8 Å². The SMILES string of the molecule is C=Cc1ccc(C2OC3(CCCC3)c3c4c(nc(C(C)C)c32)CC(C)(C)CC4[OH2+])cc1. The molecule has 31 heavy (non-hydrogen) atoms. The van der Waals surface area contributed by atoms with Crippen molar-refractivity contribution in [3.8, 4) is 0 Å². The fraction of sp³-hybridized carbons (Fsp3) is 0.536. The maximum atomic E-state index is 9.12. The Morgan fingerprint density at radius 2 is 1.81 bits per heavy atom. The molecule has 3 heteroatoms. The number of benzene rings is 1. The molecule has 1 aromatic carbocycles. The van der Waals surface area contributed by atoms with Crippen molar-refractivity contribution >= 4 is 6.08 Å². The van der Waals surface area contributed by atoms with Gasteiger partial charge >= 0.3 is 0 Å². The lowest BCUT2D eigenvalue weighted by atomic mass is 9.70. The first-order valence-electron chi connectivity index (χ1n) is 11.9. The molecule has 2 unspecified atom stereocenters. The first-order valence-corrected chi connectivity index (χ1v) is 11.9. The van der Waals surface area contributed by atoms with Crippen LogP contribution < -0.4 is 0 Å². The lowest BCUT2D eigenvalue weighted by Crippen LogP contribution is -2.32. The van der Waals surface area contributed by atoms with Gasteiger partial charge in [-0.25, -0.2) is 0 Å². The number of fused-ring (bicyclic) bond motifs is 4. The van der Waals surface area contributed by atoms with E-state index in [1.807, 2.05) is 6.08 Å². The van der Waals surface area contributed by atoms with Gasteiger partial charge in [0.2, 0.25) is 0 Å². The summed E-state index contributed by atoms with van der Waals surface area (Å²) in [6.45, 7) is 13.0. The zero-order chi connectivity index (χ0) is 22.0. The van der Waals surface area contributed by atoms with E-state index in [0.29, 0.717) is 5.92 Å². The molecule has 1 saturated carbocycles. The summed E-state index contributed by atoms with van der Waals surface area (Å²) < 4.78 is 7.05. The summed E-state index contributed by atoms with van der Waals surface area (Å²) in [7, 11) is 0. The van der Waals surface area contributed by atoms with Crippen molar-refractivity contribution < 1.29 is 9.84 Å². The van der Waals surface area contributed by atoms with Gasteiger partial charge in [0.05, 0.1) is 16.9 Å². The summed E-state index contributed by atoms with van der Waals surface area (Å²) in [5.74, 6) is 0.323. The molecule has 164 valence electrons. The van der Waals surface area contributed by atoms with Gasteiger partial charge in [-0.2, -0.15) is 0 Å². The molecule has 5 rings (SSSR count). The second-order valence-electron chi connectivity index (χ2n) is 11.0. The third-order valence-electron chi connectivity index (χ3n) is 7.63. The largest absolute Gasteiger partial charge is 0.440 e. The Kier molecular flexibility index (Phi) is 4.91. The second kappa shape index (κ2) is 7.28. The van der Waals surface area contributed by atoms with Gasteiger partial charge in [-0.3, -0.25) is 4.98 Å². The quantitative estimate of drug-likeness (QED) is 0.536. The normalized spacial score (nSPS) is 25.6. The molecule has 2 aromatic rings. The minimum Gasteiger partial charge on any atom is -0.440 e. The van der Waals surface area contributed by atoms with Crippen molar-refractivity contribution in [3.63, 3.8) is 0 Å². The maximum Gasteiger partial charge on any atom is 0.182 e. The molecule has 2 heterocycles. The summed E-state index contributed by atoms with van der Waals surface area (Å²) in [6, 6.07) is 8.62. The number of hydrogen-bond acceptors (Lipinski definition) is 2. The van der Waals surface area contributed by atoms with Crippen LogP contribution in [0.1, 0.15) is 117 Å². The van der Waals surface area contributed by atoms with Crippen molar-refractivity contribution in [2.24, 2.45) is 5.41 Å². The molecular formula is C28H36NO2+. The van der Waals surface area contributed by atoms with E-state index in [0.717, 1.165) is 36.9 Å². The van der Waals surface area contributed by atoms with Gasteiger partial charge in [0, 0.05) is 23.2 Å². The van der Waals surface area contributed by atoms with E-state index in [1.54, 1.807) is 0 Å². The molecule has 0 bridgehead atoms. The number of pyridine rings is 1. The van der Waals surface area contributed by atoms with Gasteiger partial charge in [0.1, 0.15) is 6.10 Å². The van der Waals surface area contributed by atoms with Crippen LogP contribution in [-0.2, 0) is 16.8 Å². The van der Waals surface area contributed by atoms with E-state index in [1.165, 1.54) is 40.8 Å². The van der Waals surface area contributed by atoms with Crippen LogP contribution >= 0.6 is 0 Å². The van der Waals surface area contributed by atoms with Crippen molar-refractivity contribution in [2.75, 3.05) is 0 Å². The zero-order valence-electron chi connectivity index (χ0n) is 19.4. The van der Waals surface area contributed by atoms with Crippen molar-refractivity contribution in [3.05, 3.63) is 70.0 Å². The molecule has 0 radical (unpaired) electrons. The smallest absolute Gasteiger partial charge is 0.182 e. The Morgan fingerprint density at radius 1 is 1.13 bits per heavy atom. The number of hydrogen-bond donors (Lipinski definition) is 0. The highest BCUT2D eigenvalue weighted by molar-refractivity contribution is 5.55. The number of aromatic nitrogens is 1. The third-order valence-corrected chi connectivity index (χ3v) is 7.63. The number of ether oxygens (including phenoxy) is 1. The number of nitrogens with zero attached hydrogens (tertiary/aromatic N) is 1. The Balaban J connectivity index is 1.77. The first-order chi connectivity index (χ1) is 14.7. The summed E-state index contributed by atoms with van der Waals surface area (Å²) in [5, 5.41) is 9.12. The maximum absolute atomic E-state index is 9.12. The van der Waals surface area contributed by atoms with Gasteiger partial charge in [-0.1, -0.05) is 77.5 Å². The second-order valence-corrected chi connectivity index (χ2v) is 11.0. The van der Waals surface area contributed by atoms with E-state index in [9.17, 15) is 0 Å². The summed E-state index contributed by atoms with van der Waals surface area (Å²) in [4.78, 5) is 5.28. The predicted octanol–water partition coefficient (Wildman–Crippen LogP) is 6.48. The molecule has 2 aliphatic carbocycles. The minimum absolute atomic E-state index is 0.0932. The van der Waals surface area contributed by atoms with Crippen LogP contribution in [0.25, 0.3) is 6.08 Å². The van der Waals surface area contributed by atoms with Crippen molar-refractivity contribution in [1.29, 1.82) is 0 Å². The van der Waals surface area contributed by atoms with Gasteiger partial charge in [0.25, 0.3) is 0 Å². The molecule has 0 amide bonds.